The van der Waals surface area contributed by atoms with E-state index >= 15 is 0 Å². The zero-order chi connectivity index (χ0) is 16.3. The molecule has 0 radical (unpaired) electrons. The molecule has 2 aromatic rings. The smallest absolute Gasteiger partial charge is 0.316 e. The maximum atomic E-state index is 12.4. The molecule has 6 nitrogen and oxygen atoms in total. The normalized spacial score (nSPS) is 11.0. The molecule has 2 aromatic carbocycles. The van der Waals surface area contributed by atoms with E-state index in [2.05, 4.69) is 26.0 Å². The molecule has 0 aromatic heterocycles. The van der Waals surface area contributed by atoms with Gasteiger partial charge in [-0.2, -0.15) is 0 Å². The first-order valence-electron chi connectivity index (χ1n) is 6.23. The Bertz CT molecular complexity index is 805. The van der Waals surface area contributed by atoms with E-state index in [9.17, 15) is 13.2 Å². The van der Waals surface area contributed by atoms with Crippen LogP contribution in [-0.2, 0) is 10.0 Å². The van der Waals surface area contributed by atoms with Gasteiger partial charge in [-0.25, -0.2) is 13.2 Å². The van der Waals surface area contributed by atoms with Gasteiger partial charge in [0.05, 0.1) is 4.90 Å². The number of rotatable bonds is 4. The van der Waals surface area contributed by atoms with E-state index in [-0.39, 0.29) is 4.90 Å². The SMILES string of the molecule is Cc1ccc(Br)cc1S(=O)(=O)Nc1ccc(NC(N)=O)cc1. The third-order valence-electron chi connectivity index (χ3n) is 2.84. The molecule has 0 aliphatic heterocycles. The predicted molar refractivity (Wildman–Crippen MR) is 89.3 cm³/mol. The highest BCUT2D eigenvalue weighted by molar-refractivity contribution is 9.10. The summed E-state index contributed by atoms with van der Waals surface area (Å²) >= 11 is 3.26. The van der Waals surface area contributed by atoms with Gasteiger partial charge in [0.2, 0.25) is 0 Å². The van der Waals surface area contributed by atoms with E-state index in [4.69, 9.17) is 5.73 Å². The minimum Gasteiger partial charge on any atom is -0.351 e. The second-order valence-electron chi connectivity index (χ2n) is 4.58. The zero-order valence-corrected chi connectivity index (χ0v) is 14.0. The number of sulfonamides is 1. The molecule has 8 heteroatoms. The third-order valence-corrected chi connectivity index (χ3v) is 4.86. The molecule has 0 unspecified atom stereocenters. The molecule has 0 atom stereocenters. The van der Waals surface area contributed by atoms with Crippen molar-refractivity contribution in [2.45, 2.75) is 11.8 Å². The molecule has 0 spiro atoms. The van der Waals surface area contributed by atoms with Crippen molar-refractivity contribution in [3.05, 3.63) is 52.5 Å². The molecule has 0 aliphatic carbocycles. The van der Waals surface area contributed by atoms with Gasteiger partial charge in [0.15, 0.2) is 0 Å². The minimum absolute atomic E-state index is 0.196. The molecule has 116 valence electrons. The highest BCUT2D eigenvalue weighted by Crippen LogP contribution is 2.23. The Kier molecular flexibility index (Phi) is 4.72. The van der Waals surface area contributed by atoms with Crippen molar-refractivity contribution in [2.75, 3.05) is 10.0 Å². The average molecular weight is 384 g/mol. The number of benzene rings is 2. The molecule has 0 aliphatic rings. The number of carbonyl (C=O) groups is 1. The van der Waals surface area contributed by atoms with Gasteiger partial charge >= 0.3 is 6.03 Å². The number of hydrogen-bond acceptors (Lipinski definition) is 3. The van der Waals surface area contributed by atoms with E-state index in [1.165, 1.54) is 12.1 Å². The number of urea groups is 1. The second-order valence-corrected chi connectivity index (χ2v) is 7.15. The summed E-state index contributed by atoms with van der Waals surface area (Å²) in [7, 11) is -3.69. The van der Waals surface area contributed by atoms with Gasteiger partial charge in [0.25, 0.3) is 10.0 Å². The molecular formula is C14H14BrN3O3S. The molecule has 0 heterocycles. The molecular weight excluding hydrogens is 370 g/mol. The largest absolute Gasteiger partial charge is 0.351 e. The zero-order valence-electron chi connectivity index (χ0n) is 11.6. The number of amides is 2. The first kappa shape index (κ1) is 16.3. The molecule has 2 amide bonds. The van der Waals surface area contributed by atoms with Crippen molar-refractivity contribution >= 4 is 43.4 Å². The number of halogens is 1. The summed E-state index contributed by atoms with van der Waals surface area (Å²) in [5.41, 5.74) is 6.51. The summed E-state index contributed by atoms with van der Waals surface area (Å²) in [6.07, 6.45) is 0. The van der Waals surface area contributed by atoms with Gasteiger partial charge in [-0.05, 0) is 48.9 Å². The molecule has 0 fully saturated rings. The Morgan fingerprint density at radius 1 is 1.09 bits per heavy atom. The lowest BCUT2D eigenvalue weighted by Crippen LogP contribution is -2.19. The molecule has 0 saturated carbocycles. The Balaban J connectivity index is 2.25. The van der Waals surface area contributed by atoms with Crippen LogP contribution >= 0.6 is 15.9 Å². The van der Waals surface area contributed by atoms with E-state index in [1.807, 2.05) is 0 Å². The van der Waals surface area contributed by atoms with Gasteiger partial charge in [-0.15, -0.1) is 0 Å². The maximum absolute atomic E-state index is 12.4. The summed E-state index contributed by atoms with van der Waals surface area (Å²) in [6.45, 7) is 1.72. The van der Waals surface area contributed by atoms with Crippen molar-refractivity contribution in [1.29, 1.82) is 0 Å². The molecule has 4 N–H and O–H groups in total. The molecule has 2 rings (SSSR count). The van der Waals surface area contributed by atoms with Crippen LogP contribution in [0.5, 0.6) is 0 Å². The van der Waals surface area contributed by atoms with E-state index in [1.54, 1.807) is 37.3 Å². The lowest BCUT2D eigenvalue weighted by Gasteiger charge is -2.11. The lowest BCUT2D eigenvalue weighted by molar-refractivity contribution is 0.259. The fraction of sp³-hybridized carbons (Fsp3) is 0.0714. The average Bonchev–Trinajstić information content (AvgIpc) is 2.43. The third kappa shape index (κ3) is 3.99. The lowest BCUT2D eigenvalue weighted by atomic mass is 10.2. The fourth-order valence-corrected chi connectivity index (χ4v) is 3.68. The second kappa shape index (κ2) is 6.37. The van der Waals surface area contributed by atoms with Gasteiger partial charge in [0.1, 0.15) is 0 Å². The van der Waals surface area contributed by atoms with Crippen LogP contribution in [0.4, 0.5) is 16.2 Å². The molecule has 0 saturated heterocycles. The topological polar surface area (TPSA) is 101 Å². The molecule has 22 heavy (non-hydrogen) atoms. The minimum atomic E-state index is -3.69. The number of aryl methyl sites for hydroxylation is 1. The van der Waals surface area contributed by atoms with Crippen molar-refractivity contribution < 1.29 is 13.2 Å². The number of hydrogen-bond donors (Lipinski definition) is 3. The van der Waals surface area contributed by atoms with Gasteiger partial charge in [-0.1, -0.05) is 22.0 Å². The monoisotopic (exact) mass is 383 g/mol. The van der Waals surface area contributed by atoms with Crippen LogP contribution in [0.2, 0.25) is 0 Å². The van der Waals surface area contributed by atoms with Crippen molar-refractivity contribution in [3.63, 3.8) is 0 Å². The summed E-state index contributed by atoms with van der Waals surface area (Å²) in [4.78, 5) is 10.9. The van der Waals surface area contributed by atoms with Crippen molar-refractivity contribution in [2.24, 2.45) is 5.73 Å². The highest BCUT2D eigenvalue weighted by Gasteiger charge is 2.17. The van der Waals surface area contributed by atoms with Gasteiger partial charge in [0, 0.05) is 15.8 Å². The van der Waals surface area contributed by atoms with Crippen molar-refractivity contribution in [3.8, 4) is 0 Å². The summed E-state index contributed by atoms with van der Waals surface area (Å²) in [5, 5.41) is 2.40. The van der Waals surface area contributed by atoms with Crippen LogP contribution in [0, 0.1) is 6.92 Å². The van der Waals surface area contributed by atoms with E-state index in [0.29, 0.717) is 21.4 Å². The van der Waals surface area contributed by atoms with Crippen LogP contribution < -0.4 is 15.8 Å². The van der Waals surface area contributed by atoms with Gasteiger partial charge < -0.3 is 11.1 Å². The summed E-state index contributed by atoms with van der Waals surface area (Å²) < 4.78 is 28.0. The quantitative estimate of drug-likeness (QED) is 0.755. The number of anilines is 2. The number of primary amides is 1. The Hall–Kier alpha value is -2.06. The van der Waals surface area contributed by atoms with Gasteiger partial charge in [-0.3, -0.25) is 4.72 Å². The van der Waals surface area contributed by atoms with Crippen LogP contribution in [0.15, 0.2) is 51.8 Å². The van der Waals surface area contributed by atoms with Crippen LogP contribution in [-0.4, -0.2) is 14.4 Å². The summed E-state index contributed by atoms with van der Waals surface area (Å²) in [6, 6.07) is 10.5. The van der Waals surface area contributed by atoms with Crippen LogP contribution in [0.1, 0.15) is 5.56 Å². The van der Waals surface area contributed by atoms with Crippen molar-refractivity contribution in [1.82, 2.24) is 0 Å². The van der Waals surface area contributed by atoms with E-state index < -0.39 is 16.1 Å². The Labute approximate surface area is 136 Å². The van der Waals surface area contributed by atoms with E-state index in [0.717, 1.165) is 0 Å². The highest BCUT2D eigenvalue weighted by atomic mass is 79.9. The number of nitrogens with two attached hydrogens (primary N) is 1. The number of carbonyl (C=O) groups excluding carboxylic acids is 1. The standard InChI is InChI=1S/C14H14BrN3O3S/c1-9-2-3-10(15)8-13(9)22(20,21)18-12-6-4-11(5-7-12)17-14(16)19/h2-8,18H,1H3,(H3,16,17,19). The van der Waals surface area contributed by atoms with Crippen LogP contribution in [0.25, 0.3) is 0 Å². The van der Waals surface area contributed by atoms with Crippen LogP contribution in [0.3, 0.4) is 0 Å². The molecule has 0 bridgehead atoms. The summed E-state index contributed by atoms with van der Waals surface area (Å²) in [5.74, 6) is 0. The number of nitrogens with one attached hydrogen (secondary N) is 2. The Morgan fingerprint density at radius 3 is 2.27 bits per heavy atom. The first-order chi connectivity index (χ1) is 10.3. The Morgan fingerprint density at radius 2 is 1.68 bits per heavy atom. The maximum Gasteiger partial charge on any atom is 0.316 e. The fourth-order valence-electron chi connectivity index (χ4n) is 1.84. The predicted octanol–water partition coefficient (Wildman–Crippen LogP) is 3.05. The first-order valence-corrected chi connectivity index (χ1v) is 8.51.